The minimum absolute atomic E-state index is 0.0842. The van der Waals surface area contributed by atoms with Crippen molar-refractivity contribution in [2.75, 3.05) is 0 Å². The molecule has 0 amide bonds. The average Bonchev–Trinajstić information content (AvgIpc) is 2.37. The topological polar surface area (TPSA) is 52.1 Å². The second-order valence-corrected chi connectivity index (χ2v) is 4.88. The van der Waals surface area contributed by atoms with Crippen molar-refractivity contribution in [1.29, 1.82) is 0 Å². The van der Waals surface area contributed by atoms with E-state index in [0.717, 1.165) is 0 Å². The van der Waals surface area contributed by atoms with Crippen LogP contribution in [0.25, 0.3) is 0 Å². The molecule has 0 bridgehead atoms. The average molecular weight is 348 g/mol. The van der Waals surface area contributed by atoms with Crippen molar-refractivity contribution in [3.8, 4) is 11.8 Å². The number of hydrogen-bond acceptors (Lipinski definition) is 4. The summed E-state index contributed by atoms with van der Waals surface area (Å²) in [7, 11) is 0. The van der Waals surface area contributed by atoms with Crippen molar-refractivity contribution in [2.45, 2.75) is 0 Å². The van der Waals surface area contributed by atoms with Crippen LogP contribution in [-0.2, 0) is 0 Å². The number of carbonyl (C=O) groups excluding carboxylic acids is 1. The SMILES string of the molecule is O=Cc1cnc(Oc2cc(Cl)c(Br)cc2Cl)nc1. The van der Waals surface area contributed by atoms with Crippen LogP contribution in [0.15, 0.2) is 29.0 Å². The van der Waals surface area contributed by atoms with Gasteiger partial charge in [-0.25, -0.2) is 9.97 Å². The molecule has 2 rings (SSSR count). The Morgan fingerprint density at radius 1 is 1.17 bits per heavy atom. The predicted octanol–water partition coefficient (Wildman–Crippen LogP) is 4.15. The van der Waals surface area contributed by atoms with Crippen molar-refractivity contribution in [3.05, 3.63) is 44.6 Å². The summed E-state index contributed by atoms with van der Waals surface area (Å²) in [6.45, 7) is 0. The van der Waals surface area contributed by atoms with Gasteiger partial charge in [0.1, 0.15) is 0 Å². The van der Waals surface area contributed by atoms with Gasteiger partial charge < -0.3 is 4.74 Å². The Hall–Kier alpha value is -1.17. The molecular weight excluding hydrogens is 343 g/mol. The van der Waals surface area contributed by atoms with Crippen molar-refractivity contribution >= 4 is 45.4 Å². The number of benzene rings is 1. The number of halogens is 3. The summed E-state index contributed by atoms with van der Waals surface area (Å²) in [6.07, 6.45) is 3.35. The standard InChI is InChI=1S/C11H5BrCl2N2O2/c12-7-1-9(14)10(2-8(7)13)18-11-15-3-6(5-17)4-16-11/h1-5H. The first-order chi connectivity index (χ1) is 8.60. The molecule has 0 aliphatic rings. The first-order valence-corrected chi connectivity index (χ1v) is 6.24. The van der Waals surface area contributed by atoms with Gasteiger partial charge in [0.15, 0.2) is 12.0 Å². The van der Waals surface area contributed by atoms with Crippen LogP contribution in [0.1, 0.15) is 10.4 Å². The van der Waals surface area contributed by atoms with Gasteiger partial charge >= 0.3 is 6.01 Å². The number of ether oxygens (including phenoxy) is 1. The zero-order valence-corrected chi connectivity index (χ0v) is 11.8. The molecule has 0 spiro atoms. The molecule has 4 nitrogen and oxygen atoms in total. The quantitative estimate of drug-likeness (QED) is 0.618. The number of aromatic nitrogens is 2. The van der Waals surface area contributed by atoms with Gasteiger partial charge in [0, 0.05) is 22.9 Å². The highest BCUT2D eigenvalue weighted by Gasteiger charge is 2.09. The van der Waals surface area contributed by atoms with E-state index in [0.29, 0.717) is 32.1 Å². The van der Waals surface area contributed by atoms with Crippen LogP contribution >= 0.6 is 39.1 Å². The maximum Gasteiger partial charge on any atom is 0.321 e. The van der Waals surface area contributed by atoms with E-state index in [2.05, 4.69) is 25.9 Å². The second kappa shape index (κ2) is 5.65. The molecule has 0 aliphatic heterocycles. The highest BCUT2D eigenvalue weighted by Crippen LogP contribution is 2.35. The Bertz CT molecular complexity index is 590. The molecule has 92 valence electrons. The van der Waals surface area contributed by atoms with E-state index >= 15 is 0 Å². The predicted molar refractivity (Wildman–Crippen MR) is 71.7 cm³/mol. The highest BCUT2D eigenvalue weighted by atomic mass is 79.9. The summed E-state index contributed by atoms with van der Waals surface area (Å²) < 4.78 is 6.03. The molecule has 0 atom stereocenters. The molecule has 0 saturated heterocycles. The lowest BCUT2D eigenvalue weighted by Crippen LogP contribution is -1.94. The van der Waals surface area contributed by atoms with E-state index in [1.54, 1.807) is 12.1 Å². The van der Waals surface area contributed by atoms with Crippen molar-refractivity contribution in [1.82, 2.24) is 9.97 Å². The largest absolute Gasteiger partial charge is 0.423 e. The molecule has 0 aliphatic carbocycles. The molecule has 0 radical (unpaired) electrons. The Morgan fingerprint density at radius 3 is 2.44 bits per heavy atom. The third kappa shape index (κ3) is 2.98. The van der Waals surface area contributed by atoms with Crippen LogP contribution < -0.4 is 4.74 Å². The van der Waals surface area contributed by atoms with Crippen LogP contribution in [0, 0.1) is 0 Å². The molecular formula is C11H5BrCl2N2O2. The van der Waals surface area contributed by atoms with Gasteiger partial charge in [-0.3, -0.25) is 4.79 Å². The van der Waals surface area contributed by atoms with E-state index in [9.17, 15) is 4.79 Å². The Labute approximate surface area is 121 Å². The van der Waals surface area contributed by atoms with Gasteiger partial charge in [-0.1, -0.05) is 23.2 Å². The number of nitrogens with zero attached hydrogens (tertiary/aromatic N) is 2. The Balaban J connectivity index is 2.27. The number of rotatable bonds is 3. The lowest BCUT2D eigenvalue weighted by Gasteiger charge is -2.07. The number of aldehydes is 1. The molecule has 0 saturated carbocycles. The van der Waals surface area contributed by atoms with Gasteiger partial charge in [0.2, 0.25) is 0 Å². The second-order valence-electron chi connectivity index (χ2n) is 3.22. The van der Waals surface area contributed by atoms with Crippen LogP contribution in [0.2, 0.25) is 10.0 Å². The van der Waals surface area contributed by atoms with Crippen LogP contribution in [0.3, 0.4) is 0 Å². The van der Waals surface area contributed by atoms with E-state index in [1.807, 2.05) is 0 Å². The van der Waals surface area contributed by atoms with Gasteiger partial charge in [-0.2, -0.15) is 0 Å². The zero-order chi connectivity index (χ0) is 13.1. The minimum Gasteiger partial charge on any atom is -0.423 e. The fourth-order valence-electron chi connectivity index (χ4n) is 1.12. The van der Waals surface area contributed by atoms with Crippen molar-refractivity contribution in [2.24, 2.45) is 0 Å². The number of carbonyl (C=O) groups is 1. The third-order valence-corrected chi connectivity index (χ3v) is 3.45. The lowest BCUT2D eigenvalue weighted by atomic mass is 10.3. The molecule has 0 fully saturated rings. The summed E-state index contributed by atoms with van der Waals surface area (Å²) in [4.78, 5) is 18.2. The fourth-order valence-corrected chi connectivity index (χ4v) is 1.95. The molecule has 2 aromatic rings. The van der Waals surface area contributed by atoms with Gasteiger partial charge in [-0.05, 0) is 22.0 Å². The van der Waals surface area contributed by atoms with Crippen LogP contribution in [0.5, 0.6) is 11.8 Å². The molecule has 18 heavy (non-hydrogen) atoms. The highest BCUT2D eigenvalue weighted by molar-refractivity contribution is 9.10. The minimum atomic E-state index is 0.0842. The van der Waals surface area contributed by atoms with E-state index in [4.69, 9.17) is 27.9 Å². The normalized spacial score (nSPS) is 10.2. The summed E-state index contributed by atoms with van der Waals surface area (Å²) in [5.41, 5.74) is 0.363. The van der Waals surface area contributed by atoms with E-state index in [-0.39, 0.29) is 6.01 Å². The summed E-state index contributed by atoms with van der Waals surface area (Å²) in [5, 5.41) is 0.827. The molecule has 1 aromatic carbocycles. The van der Waals surface area contributed by atoms with E-state index < -0.39 is 0 Å². The van der Waals surface area contributed by atoms with Crippen LogP contribution in [-0.4, -0.2) is 16.3 Å². The first-order valence-electron chi connectivity index (χ1n) is 4.70. The Kier molecular flexibility index (Phi) is 4.16. The molecule has 0 N–H and O–H groups in total. The van der Waals surface area contributed by atoms with Gasteiger partial charge in [0.05, 0.1) is 15.6 Å². The lowest BCUT2D eigenvalue weighted by molar-refractivity contribution is 0.112. The molecule has 1 heterocycles. The summed E-state index contributed by atoms with van der Waals surface area (Å²) in [5.74, 6) is 0.337. The van der Waals surface area contributed by atoms with Gasteiger partial charge in [-0.15, -0.1) is 0 Å². The summed E-state index contributed by atoms with van der Waals surface area (Å²) >= 11 is 15.2. The van der Waals surface area contributed by atoms with Gasteiger partial charge in [0.25, 0.3) is 0 Å². The fraction of sp³-hybridized carbons (Fsp3) is 0. The maximum atomic E-state index is 10.4. The molecule has 0 unspecified atom stereocenters. The molecule has 1 aromatic heterocycles. The summed E-state index contributed by atoms with van der Waals surface area (Å²) in [6, 6.07) is 3.24. The zero-order valence-electron chi connectivity index (χ0n) is 8.73. The van der Waals surface area contributed by atoms with Crippen molar-refractivity contribution < 1.29 is 9.53 Å². The van der Waals surface area contributed by atoms with Crippen molar-refractivity contribution in [3.63, 3.8) is 0 Å². The molecule has 7 heteroatoms. The monoisotopic (exact) mass is 346 g/mol. The Morgan fingerprint density at radius 2 is 1.83 bits per heavy atom. The maximum absolute atomic E-state index is 10.4. The third-order valence-electron chi connectivity index (χ3n) is 1.96. The van der Waals surface area contributed by atoms with Crippen LogP contribution in [0.4, 0.5) is 0 Å². The van der Waals surface area contributed by atoms with E-state index in [1.165, 1.54) is 12.4 Å². The smallest absolute Gasteiger partial charge is 0.321 e. The number of hydrogen-bond donors (Lipinski definition) is 0. The first kappa shape index (κ1) is 13.3.